The Balaban J connectivity index is 3.06. The Kier molecular flexibility index (Phi) is 2.95. The molecule has 0 atom stereocenters. The summed E-state index contributed by atoms with van der Waals surface area (Å²) < 4.78 is 26.7. The molecule has 6 heteroatoms. The zero-order valence-corrected chi connectivity index (χ0v) is 7.78. The molecule has 0 amide bonds. The smallest absolute Gasteiger partial charge is 0.537 e. The van der Waals surface area contributed by atoms with Gasteiger partial charge in [0.05, 0.1) is 4.90 Å². The van der Waals surface area contributed by atoms with Gasteiger partial charge in [0.15, 0.2) is 9.84 Å². The lowest BCUT2D eigenvalue weighted by Crippen LogP contribution is -2.02. The fraction of sp³-hybridized carbons (Fsp3) is 0.143. The van der Waals surface area contributed by atoms with Gasteiger partial charge in [-0.3, -0.25) is 0 Å². The van der Waals surface area contributed by atoms with Gasteiger partial charge in [0.2, 0.25) is 0 Å². The molecule has 13 heavy (non-hydrogen) atoms. The summed E-state index contributed by atoms with van der Waals surface area (Å²) in [4.78, 5) is 0.159. The minimum Gasteiger partial charge on any atom is -0.537 e. The molecular weight excluding hydrogens is 191 g/mol. The van der Waals surface area contributed by atoms with Crippen molar-refractivity contribution in [2.45, 2.75) is 4.90 Å². The van der Waals surface area contributed by atoms with Crippen LogP contribution in [0.15, 0.2) is 29.2 Å². The predicted molar refractivity (Wildman–Crippen MR) is 48.2 cm³/mol. The van der Waals surface area contributed by atoms with Gasteiger partial charge in [-0.15, -0.1) is 0 Å². The van der Waals surface area contributed by atoms with E-state index in [1.54, 1.807) is 6.07 Å². The zero-order valence-electron chi connectivity index (χ0n) is 6.97. The number of hydrogen-bond acceptors (Lipinski definition) is 4. The van der Waals surface area contributed by atoms with Crippen molar-refractivity contribution in [1.82, 2.24) is 0 Å². The fourth-order valence-electron chi connectivity index (χ4n) is 0.839. The maximum atomic E-state index is 11.1. The average molecular weight is 199 g/mol. The van der Waals surface area contributed by atoms with Crippen LogP contribution in [0, 0.1) is 0 Å². The van der Waals surface area contributed by atoms with Crippen molar-refractivity contribution in [2.75, 3.05) is 6.26 Å². The van der Waals surface area contributed by atoms with E-state index >= 15 is 0 Å². The second-order valence-electron chi connectivity index (χ2n) is 2.47. The standard InChI is InChI=1S/C7H8BO4S/c1-13(10,11)7-4-2-3-6(5-7)12-8-9/h2-5,9H,1H3. The minimum absolute atomic E-state index is 0.159. The lowest BCUT2D eigenvalue weighted by atomic mass is 10.3. The molecule has 0 spiro atoms. The van der Waals surface area contributed by atoms with Crippen LogP contribution in [0.2, 0.25) is 0 Å². The van der Waals surface area contributed by atoms with Crippen LogP contribution in [0.4, 0.5) is 0 Å². The summed E-state index contributed by atoms with van der Waals surface area (Å²) in [5.41, 5.74) is 0. The van der Waals surface area contributed by atoms with Crippen molar-refractivity contribution < 1.29 is 18.1 Å². The van der Waals surface area contributed by atoms with Crippen molar-refractivity contribution in [3.63, 3.8) is 0 Å². The molecule has 0 saturated carbocycles. The highest BCUT2D eigenvalue weighted by Gasteiger charge is 2.07. The molecule has 69 valence electrons. The first-order chi connectivity index (χ1) is 6.04. The highest BCUT2D eigenvalue weighted by Crippen LogP contribution is 2.16. The highest BCUT2D eigenvalue weighted by molar-refractivity contribution is 7.90. The SMILES string of the molecule is CS(=O)(=O)c1cccc(O[B]O)c1. The van der Waals surface area contributed by atoms with E-state index in [1.165, 1.54) is 18.2 Å². The third-order valence-electron chi connectivity index (χ3n) is 1.42. The molecule has 1 radical (unpaired) electrons. The van der Waals surface area contributed by atoms with E-state index in [0.29, 0.717) is 7.69 Å². The third kappa shape index (κ3) is 2.75. The van der Waals surface area contributed by atoms with Crippen molar-refractivity contribution >= 4 is 17.5 Å². The number of sulfone groups is 1. The van der Waals surface area contributed by atoms with Crippen LogP contribution < -0.4 is 4.65 Å². The van der Waals surface area contributed by atoms with Gasteiger partial charge in [-0.2, -0.15) is 0 Å². The van der Waals surface area contributed by atoms with Crippen molar-refractivity contribution in [2.24, 2.45) is 0 Å². The summed E-state index contributed by atoms with van der Waals surface area (Å²) in [5, 5.41) is 8.32. The van der Waals surface area contributed by atoms with Gasteiger partial charge >= 0.3 is 7.69 Å². The van der Waals surface area contributed by atoms with E-state index in [4.69, 9.17) is 5.02 Å². The lowest BCUT2D eigenvalue weighted by molar-refractivity contribution is 0.453. The molecule has 1 aromatic rings. The fourth-order valence-corrected chi connectivity index (χ4v) is 1.50. The maximum Gasteiger partial charge on any atom is 0.569 e. The van der Waals surface area contributed by atoms with Gasteiger partial charge in [0.25, 0.3) is 0 Å². The number of hydrogen-bond donors (Lipinski definition) is 1. The normalized spacial score (nSPS) is 10.9. The quantitative estimate of drug-likeness (QED) is 0.695. The van der Waals surface area contributed by atoms with Gasteiger partial charge in [-0.05, 0) is 18.2 Å². The molecule has 0 bridgehead atoms. The van der Waals surface area contributed by atoms with E-state index in [0.717, 1.165) is 6.26 Å². The van der Waals surface area contributed by atoms with Gasteiger partial charge < -0.3 is 9.68 Å². The molecule has 0 heterocycles. The summed E-state index contributed by atoms with van der Waals surface area (Å²) in [5.74, 6) is 0.283. The molecule has 1 aromatic carbocycles. The Labute approximate surface area is 77.4 Å². The van der Waals surface area contributed by atoms with E-state index in [1.807, 2.05) is 0 Å². The second kappa shape index (κ2) is 3.80. The predicted octanol–water partition coefficient (Wildman–Crippen LogP) is -0.00460. The monoisotopic (exact) mass is 199 g/mol. The van der Waals surface area contributed by atoms with Crippen LogP contribution >= 0.6 is 0 Å². The first-order valence-corrected chi connectivity index (χ1v) is 5.36. The Morgan fingerprint density at radius 2 is 2.15 bits per heavy atom. The Hall–Kier alpha value is -1.01. The van der Waals surface area contributed by atoms with Gasteiger partial charge in [-0.25, -0.2) is 8.42 Å². The van der Waals surface area contributed by atoms with E-state index in [-0.39, 0.29) is 10.6 Å². The first kappa shape index (κ1) is 10.1. The molecular formula is C7H8BO4S. The van der Waals surface area contributed by atoms with Crippen LogP contribution in [-0.2, 0) is 9.84 Å². The lowest BCUT2D eigenvalue weighted by Gasteiger charge is -2.02. The van der Waals surface area contributed by atoms with Crippen LogP contribution in [0.5, 0.6) is 5.75 Å². The average Bonchev–Trinajstić information content (AvgIpc) is 2.04. The zero-order chi connectivity index (χ0) is 9.90. The summed E-state index contributed by atoms with van der Waals surface area (Å²) in [6, 6.07) is 5.87. The van der Waals surface area contributed by atoms with Crippen molar-refractivity contribution in [1.29, 1.82) is 0 Å². The first-order valence-electron chi connectivity index (χ1n) is 3.47. The Morgan fingerprint density at radius 1 is 1.46 bits per heavy atom. The molecule has 1 N–H and O–H groups in total. The molecule has 0 saturated heterocycles. The summed E-state index contributed by atoms with van der Waals surface area (Å²) >= 11 is 0. The molecule has 0 unspecified atom stereocenters. The van der Waals surface area contributed by atoms with Crippen molar-refractivity contribution in [3.8, 4) is 5.75 Å². The van der Waals surface area contributed by atoms with E-state index in [9.17, 15) is 8.42 Å². The minimum atomic E-state index is -3.22. The molecule has 0 aliphatic rings. The number of benzene rings is 1. The second-order valence-corrected chi connectivity index (χ2v) is 4.49. The molecule has 0 aliphatic carbocycles. The Bertz CT molecular complexity index is 387. The van der Waals surface area contributed by atoms with Crippen LogP contribution in [0.3, 0.4) is 0 Å². The largest absolute Gasteiger partial charge is 0.569 e. The van der Waals surface area contributed by atoms with Gasteiger partial charge in [0, 0.05) is 6.26 Å². The van der Waals surface area contributed by atoms with E-state index < -0.39 is 9.84 Å². The molecule has 0 fully saturated rings. The summed E-state index contributed by atoms with van der Waals surface area (Å²) in [6.45, 7) is 0. The van der Waals surface area contributed by atoms with Crippen LogP contribution in [-0.4, -0.2) is 27.4 Å². The third-order valence-corrected chi connectivity index (χ3v) is 2.53. The number of rotatable bonds is 3. The molecule has 4 nitrogen and oxygen atoms in total. The van der Waals surface area contributed by atoms with Crippen LogP contribution in [0.25, 0.3) is 0 Å². The van der Waals surface area contributed by atoms with Gasteiger partial charge in [-0.1, -0.05) is 6.07 Å². The molecule has 0 aliphatic heterocycles. The van der Waals surface area contributed by atoms with Gasteiger partial charge in [0.1, 0.15) is 5.75 Å². The molecule has 1 rings (SSSR count). The highest BCUT2D eigenvalue weighted by atomic mass is 32.2. The maximum absolute atomic E-state index is 11.1. The Morgan fingerprint density at radius 3 is 2.69 bits per heavy atom. The van der Waals surface area contributed by atoms with E-state index in [2.05, 4.69) is 4.65 Å². The summed E-state index contributed by atoms with van der Waals surface area (Å²) in [6.07, 6.45) is 1.11. The molecule has 0 aromatic heterocycles. The van der Waals surface area contributed by atoms with Crippen molar-refractivity contribution in [3.05, 3.63) is 24.3 Å². The summed E-state index contributed by atoms with van der Waals surface area (Å²) in [7, 11) is -2.72. The topological polar surface area (TPSA) is 63.6 Å². The van der Waals surface area contributed by atoms with Crippen LogP contribution in [0.1, 0.15) is 0 Å².